The molecule has 0 radical (unpaired) electrons. The van der Waals surface area contributed by atoms with Gasteiger partial charge in [-0.3, -0.25) is 4.90 Å². The second-order valence-corrected chi connectivity index (χ2v) is 4.94. The Morgan fingerprint density at radius 1 is 1.58 bits per heavy atom. The van der Waals surface area contributed by atoms with Gasteiger partial charge >= 0.3 is 0 Å². The molecule has 0 spiro atoms. The van der Waals surface area contributed by atoms with Crippen molar-refractivity contribution in [1.82, 2.24) is 4.90 Å². The first-order chi connectivity index (χ1) is 9.17. The Morgan fingerprint density at radius 3 is 3.05 bits per heavy atom. The van der Waals surface area contributed by atoms with Gasteiger partial charge in [-0.05, 0) is 31.9 Å². The molecule has 1 aromatic rings. The van der Waals surface area contributed by atoms with Gasteiger partial charge in [0.2, 0.25) is 0 Å². The molecule has 1 aliphatic heterocycles. The highest BCUT2D eigenvalue weighted by molar-refractivity contribution is 5.97. The summed E-state index contributed by atoms with van der Waals surface area (Å²) in [6.45, 7) is 3.74. The minimum Gasteiger partial charge on any atom is -0.409 e. The average Bonchev–Trinajstić information content (AvgIpc) is 2.87. The van der Waals surface area contributed by atoms with E-state index in [0.29, 0.717) is 18.2 Å². The normalized spacial score (nSPS) is 20.9. The summed E-state index contributed by atoms with van der Waals surface area (Å²) in [5, 5.41) is 11.5. The molecule has 1 unspecified atom stereocenters. The molecule has 0 saturated carbocycles. The second kappa shape index (κ2) is 6.02. The number of oxime groups is 1. The Hall–Kier alpha value is -1.62. The summed E-state index contributed by atoms with van der Waals surface area (Å²) in [6, 6.07) is 5.55. The molecule has 19 heavy (non-hydrogen) atoms. The quantitative estimate of drug-likeness (QED) is 0.380. The van der Waals surface area contributed by atoms with Crippen LogP contribution in [0.15, 0.2) is 23.4 Å². The van der Waals surface area contributed by atoms with Crippen LogP contribution >= 0.6 is 0 Å². The van der Waals surface area contributed by atoms with E-state index in [9.17, 15) is 4.39 Å². The van der Waals surface area contributed by atoms with E-state index in [0.717, 1.165) is 13.0 Å². The van der Waals surface area contributed by atoms with Gasteiger partial charge in [-0.15, -0.1) is 0 Å². The van der Waals surface area contributed by atoms with Crippen LogP contribution in [-0.4, -0.2) is 28.5 Å². The molecule has 1 aliphatic rings. The van der Waals surface area contributed by atoms with E-state index < -0.39 is 0 Å². The van der Waals surface area contributed by atoms with Crippen molar-refractivity contribution in [3.63, 3.8) is 0 Å². The molecule has 0 aromatic heterocycles. The van der Waals surface area contributed by atoms with Gasteiger partial charge in [-0.1, -0.05) is 24.2 Å². The molecule has 1 fully saturated rings. The maximum Gasteiger partial charge on any atom is 0.173 e. The second-order valence-electron chi connectivity index (χ2n) is 4.94. The fourth-order valence-corrected chi connectivity index (χ4v) is 2.74. The maximum absolute atomic E-state index is 14.3. The standard InChI is InChI=1S/C14H20FN3O/c1-2-11-6-4-8-18(11)9-10-5-3-7-12(13(10)15)14(16)17-19/h3,5,7,11,19H,2,4,6,8-9H2,1H3,(H2,16,17). The fraction of sp³-hybridized carbons (Fsp3) is 0.500. The van der Waals surface area contributed by atoms with Crippen LogP contribution in [-0.2, 0) is 6.54 Å². The van der Waals surface area contributed by atoms with Crippen molar-refractivity contribution in [2.24, 2.45) is 10.9 Å². The van der Waals surface area contributed by atoms with Crippen LogP contribution in [0.1, 0.15) is 37.3 Å². The van der Waals surface area contributed by atoms with Gasteiger partial charge in [0, 0.05) is 18.2 Å². The summed E-state index contributed by atoms with van der Waals surface area (Å²) in [4.78, 5) is 2.30. The van der Waals surface area contributed by atoms with Gasteiger partial charge in [0.05, 0.1) is 5.56 Å². The molecule has 0 bridgehead atoms. The summed E-state index contributed by atoms with van der Waals surface area (Å²) in [7, 11) is 0. The number of nitrogens with two attached hydrogens (primary N) is 1. The number of hydrogen-bond donors (Lipinski definition) is 2. The number of benzene rings is 1. The van der Waals surface area contributed by atoms with Crippen molar-refractivity contribution in [3.05, 3.63) is 35.1 Å². The number of halogens is 1. The first kappa shape index (κ1) is 13.8. The monoisotopic (exact) mass is 265 g/mol. The lowest BCUT2D eigenvalue weighted by atomic mass is 10.1. The van der Waals surface area contributed by atoms with E-state index in [-0.39, 0.29) is 17.2 Å². The van der Waals surface area contributed by atoms with Gasteiger partial charge in [0.1, 0.15) is 5.82 Å². The zero-order chi connectivity index (χ0) is 13.8. The Bertz CT molecular complexity index is 476. The predicted octanol–water partition coefficient (Wildman–Crippen LogP) is 2.29. The SMILES string of the molecule is CCC1CCCN1Cc1cccc(/C(N)=N/O)c1F. The van der Waals surface area contributed by atoms with Gasteiger partial charge in [-0.2, -0.15) is 0 Å². The van der Waals surface area contributed by atoms with Crippen LogP contribution in [0.3, 0.4) is 0 Å². The molecule has 1 aromatic carbocycles. The molecule has 1 atom stereocenters. The molecule has 4 nitrogen and oxygen atoms in total. The fourth-order valence-electron chi connectivity index (χ4n) is 2.74. The minimum absolute atomic E-state index is 0.159. The summed E-state index contributed by atoms with van der Waals surface area (Å²) in [5.74, 6) is -0.577. The number of rotatable bonds is 4. The first-order valence-electron chi connectivity index (χ1n) is 6.66. The number of hydrogen-bond acceptors (Lipinski definition) is 3. The van der Waals surface area contributed by atoms with E-state index in [4.69, 9.17) is 10.9 Å². The van der Waals surface area contributed by atoms with E-state index >= 15 is 0 Å². The van der Waals surface area contributed by atoms with E-state index in [1.807, 2.05) is 0 Å². The van der Waals surface area contributed by atoms with Crippen molar-refractivity contribution < 1.29 is 9.60 Å². The van der Waals surface area contributed by atoms with Gasteiger partial charge in [-0.25, -0.2) is 4.39 Å². The van der Waals surface area contributed by atoms with E-state index in [2.05, 4.69) is 17.0 Å². The van der Waals surface area contributed by atoms with Crippen LogP contribution in [0, 0.1) is 5.82 Å². The number of likely N-dealkylation sites (tertiary alicyclic amines) is 1. The Morgan fingerprint density at radius 2 is 2.37 bits per heavy atom. The van der Waals surface area contributed by atoms with E-state index in [1.54, 1.807) is 12.1 Å². The molecular weight excluding hydrogens is 245 g/mol. The third kappa shape index (κ3) is 2.87. The van der Waals surface area contributed by atoms with Crippen molar-refractivity contribution in [2.75, 3.05) is 6.54 Å². The third-order valence-electron chi connectivity index (χ3n) is 3.81. The molecule has 2 rings (SSSR count). The first-order valence-corrected chi connectivity index (χ1v) is 6.66. The summed E-state index contributed by atoms with van der Waals surface area (Å²) in [6.07, 6.45) is 3.43. The lowest BCUT2D eigenvalue weighted by Crippen LogP contribution is -2.29. The summed E-state index contributed by atoms with van der Waals surface area (Å²) < 4.78 is 14.3. The smallest absolute Gasteiger partial charge is 0.173 e. The number of amidine groups is 1. The zero-order valence-electron chi connectivity index (χ0n) is 11.1. The Labute approximate surface area is 112 Å². The summed E-state index contributed by atoms with van der Waals surface area (Å²) in [5.41, 5.74) is 6.23. The molecule has 3 N–H and O–H groups in total. The van der Waals surface area contributed by atoms with Crippen molar-refractivity contribution in [3.8, 4) is 0 Å². The van der Waals surface area contributed by atoms with Crippen LogP contribution in [0.25, 0.3) is 0 Å². The van der Waals surface area contributed by atoms with Crippen LogP contribution in [0.2, 0.25) is 0 Å². The van der Waals surface area contributed by atoms with Crippen molar-refractivity contribution in [2.45, 2.75) is 38.8 Å². The molecular formula is C14H20FN3O. The predicted molar refractivity (Wildman–Crippen MR) is 72.6 cm³/mol. The highest BCUT2D eigenvalue weighted by Crippen LogP contribution is 2.24. The molecule has 5 heteroatoms. The zero-order valence-corrected chi connectivity index (χ0v) is 11.1. The lowest BCUT2D eigenvalue weighted by Gasteiger charge is -2.23. The van der Waals surface area contributed by atoms with Crippen LogP contribution < -0.4 is 5.73 Å². The van der Waals surface area contributed by atoms with E-state index in [1.165, 1.54) is 18.9 Å². The van der Waals surface area contributed by atoms with Crippen LogP contribution in [0.5, 0.6) is 0 Å². The minimum atomic E-state index is -0.389. The van der Waals surface area contributed by atoms with Gasteiger partial charge in [0.15, 0.2) is 5.84 Å². The van der Waals surface area contributed by atoms with Crippen molar-refractivity contribution >= 4 is 5.84 Å². The Balaban J connectivity index is 2.21. The van der Waals surface area contributed by atoms with Crippen LogP contribution in [0.4, 0.5) is 4.39 Å². The molecule has 0 aliphatic carbocycles. The topological polar surface area (TPSA) is 61.8 Å². The maximum atomic E-state index is 14.3. The number of nitrogens with zero attached hydrogens (tertiary/aromatic N) is 2. The molecule has 1 saturated heterocycles. The lowest BCUT2D eigenvalue weighted by molar-refractivity contribution is 0.237. The average molecular weight is 265 g/mol. The van der Waals surface area contributed by atoms with Gasteiger partial charge in [0.25, 0.3) is 0 Å². The molecule has 104 valence electrons. The highest BCUT2D eigenvalue weighted by Gasteiger charge is 2.24. The largest absolute Gasteiger partial charge is 0.409 e. The summed E-state index contributed by atoms with van der Waals surface area (Å²) >= 11 is 0. The molecule has 1 heterocycles. The van der Waals surface area contributed by atoms with Crippen molar-refractivity contribution in [1.29, 1.82) is 0 Å². The Kier molecular flexibility index (Phi) is 4.37. The highest BCUT2D eigenvalue weighted by atomic mass is 19.1. The third-order valence-corrected chi connectivity index (χ3v) is 3.81. The van der Waals surface area contributed by atoms with Gasteiger partial charge < -0.3 is 10.9 Å². The molecule has 0 amide bonds.